The predicted molar refractivity (Wildman–Crippen MR) is 113 cm³/mol. The Hall–Kier alpha value is -3.19. The molecule has 3 aromatic carbocycles. The maximum atomic E-state index is 7.91. The standard InChI is InChI=1S/C26H24N/c1-19-9-7-8-12-24(19)23-14-13-20(2)25(17-23)26-18-22(15-16-27(26)3)21-10-5-4-6-11-21/h4-18H,1-3H3/q+1/i1D3. The predicted octanol–water partition coefficient (Wildman–Crippen LogP) is 6.13. The van der Waals surface area contributed by atoms with Crippen LogP contribution in [0, 0.1) is 13.8 Å². The van der Waals surface area contributed by atoms with Crippen LogP contribution in [0.1, 0.15) is 15.2 Å². The first kappa shape index (κ1) is 13.9. The van der Waals surface area contributed by atoms with Crippen molar-refractivity contribution in [1.82, 2.24) is 0 Å². The van der Waals surface area contributed by atoms with Crippen LogP contribution in [0.4, 0.5) is 0 Å². The van der Waals surface area contributed by atoms with Crippen molar-refractivity contribution in [3.05, 3.63) is 102 Å². The van der Waals surface area contributed by atoms with Crippen LogP contribution in [0.2, 0.25) is 0 Å². The van der Waals surface area contributed by atoms with Crippen LogP contribution in [-0.4, -0.2) is 0 Å². The van der Waals surface area contributed by atoms with Crippen LogP contribution in [0.5, 0.6) is 0 Å². The Morgan fingerprint density at radius 1 is 0.667 bits per heavy atom. The van der Waals surface area contributed by atoms with Gasteiger partial charge in [0.05, 0.1) is 0 Å². The largest absolute Gasteiger partial charge is 0.213 e. The molecule has 0 unspecified atom stereocenters. The lowest BCUT2D eigenvalue weighted by Gasteiger charge is -2.11. The van der Waals surface area contributed by atoms with Crippen molar-refractivity contribution in [1.29, 1.82) is 0 Å². The van der Waals surface area contributed by atoms with E-state index in [0.29, 0.717) is 5.56 Å². The van der Waals surface area contributed by atoms with Crippen molar-refractivity contribution in [2.24, 2.45) is 7.05 Å². The molecule has 0 radical (unpaired) electrons. The average Bonchev–Trinajstić information content (AvgIpc) is 2.75. The number of rotatable bonds is 3. The molecule has 132 valence electrons. The van der Waals surface area contributed by atoms with E-state index in [1.807, 2.05) is 43.4 Å². The summed E-state index contributed by atoms with van der Waals surface area (Å²) in [5.74, 6) is 0. The number of aromatic nitrogens is 1. The molecule has 4 rings (SSSR count). The Kier molecular flexibility index (Phi) is 3.72. The van der Waals surface area contributed by atoms with Crippen LogP contribution in [0.15, 0.2) is 91.1 Å². The Balaban J connectivity index is 1.87. The molecule has 0 saturated heterocycles. The molecule has 0 spiro atoms. The minimum absolute atomic E-state index is 0.377. The Labute approximate surface area is 165 Å². The van der Waals surface area contributed by atoms with Crippen molar-refractivity contribution in [2.45, 2.75) is 13.8 Å². The smallest absolute Gasteiger partial charge is 0.201 e. The SMILES string of the molecule is [2H]C([2H])([2H])c1ccccc1-c1ccc(C)c(-c2cc(-c3ccccc3)cc[n+]2C)c1. The number of benzene rings is 3. The topological polar surface area (TPSA) is 3.88 Å². The Morgan fingerprint density at radius 2 is 1.44 bits per heavy atom. The van der Waals surface area contributed by atoms with Crippen molar-refractivity contribution < 1.29 is 8.68 Å². The summed E-state index contributed by atoms with van der Waals surface area (Å²) < 4.78 is 25.8. The molecule has 0 bridgehead atoms. The normalized spacial score (nSPS) is 12.9. The van der Waals surface area contributed by atoms with Crippen molar-refractivity contribution in [3.8, 4) is 33.5 Å². The van der Waals surface area contributed by atoms with Gasteiger partial charge in [-0.2, -0.15) is 0 Å². The number of aryl methyl sites for hydroxylation is 3. The fourth-order valence-corrected chi connectivity index (χ4v) is 3.45. The average molecular weight is 354 g/mol. The van der Waals surface area contributed by atoms with Gasteiger partial charge in [-0.05, 0) is 53.2 Å². The third-order valence-electron chi connectivity index (χ3n) is 5.01. The van der Waals surface area contributed by atoms with E-state index in [9.17, 15) is 0 Å². The molecule has 0 aliphatic heterocycles. The van der Waals surface area contributed by atoms with Gasteiger partial charge >= 0.3 is 0 Å². The zero-order valence-electron chi connectivity index (χ0n) is 18.6. The van der Waals surface area contributed by atoms with Crippen LogP contribution in [-0.2, 0) is 7.05 Å². The minimum Gasteiger partial charge on any atom is -0.201 e. The summed E-state index contributed by atoms with van der Waals surface area (Å²) >= 11 is 0. The second kappa shape index (κ2) is 7.20. The third-order valence-corrected chi connectivity index (χ3v) is 5.01. The molecule has 1 aromatic heterocycles. The van der Waals surface area contributed by atoms with Crippen molar-refractivity contribution >= 4 is 0 Å². The molecule has 0 atom stereocenters. The van der Waals surface area contributed by atoms with E-state index in [0.717, 1.165) is 33.5 Å². The number of hydrogen-bond acceptors (Lipinski definition) is 0. The monoisotopic (exact) mass is 353 g/mol. The lowest BCUT2D eigenvalue weighted by molar-refractivity contribution is -0.660. The van der Waals surface area contributed by atoms with Gasteiger partial charge in [-0.3, -0.25) is 0 Å². The van der Waals surface area contributed by atoms with Crippen molar-refractivity contribution in [3.63, 3.8) is 0 Å². The van der Waals surface area contributed by atoms with Crippen LogP contribution in [0.3, 0.4) is 0 Å². The van der Waals surface area contributed by atoms with E-state index in [2.05, 4.69) is 54.1 Å². The summed E-state index contributed by atoms with van der Waals surface area (Å²) in [5, 5.41) is 0. The first-order valence-electron chi connectivity index (χ1n) is 10.6. The highest BCUT2D eigenvalue weighted by Gasteiger charge is 2.15. The molecule has 0 saturated carbocycles. The van der Waals surface area contributed by atoms with Gasteiger partial charge in [0.15, 0.2) is 6.20 Å². The van der Waals surface area contributed by atoms with E-state index < -0.39 is 6.85 Å². The summed E-state index contributed by atoms with van der Waals surface area (Å²) in [6.07, 6.45) is 2.07. The van der Waals surface area contributed by atoms with E-state index in [4.69, 9.17) is 4.11 Å². The molecule has 0 amide bonds. The molecular formula is C26H24N+. The zero-order valence-corrected chi connectivity index (χ0v) is 15.6. The first-order valence-corrected chi connectivity index (χ1v) is 9.10. The molecule has 27 heavy (non-hydrogen) atoms. The number of nitrogens with zero attached hydrogens (tertiary/aromatic N) is 1. The van der Waals surface area contributed by atoms with Crippen molar-refractivity contribution in [2.75, 3.05) is 0 Å². The van der Waals surface area contributed by atoms with Gasteiger partial charge in [-0.15, -0.1) is 0 Å². The van der Waals surface area contributed by atoms with Crippen LogP contribution < -0.4 is 4.57 Å². The summed E-state index contributed by atoms with van der Waals surface area (Å²) in [4.78, 5) is 0. The fraction of sp³-hybridized carbons (Fsp3) is 0.115. The Morgan fingerprint density at radius 3 is 2.26 bits per heavy atom. The van der Waals surface area contributed by atoms with Gasteiger partial charge < -0.3 is 0 Å². The maximum Gasteiger partial charge on any atom is 0.213 e. The molecule has 1 nitrogen and oxygen atoms in total. The summed E-state index contributed by atoms with van der Waals surface area (Å²) in [7, 11) is 2.03. The molecule has 0 aliphatic rings. The molecular weight excluding hydrogens is 326 g/mol. The van der Waals surface area contributed by atoms with E-state index in [1.165, 1.54) is 5.56 Å². The molecule has 0 N–H and O–H groups in total. The van der Waals surface area contributed by atoms with E-state index in [-0.39, 0.29) is 0 Å². The van der Waals surface area contributed by atoms with Gasteiger partial charge in [-0.1, -0.05) is 66.7 Å². The lowest BCUT2D eigenvalue weighted by Crippen LogP contribution is -2.30. The molecule has 0 fully saturated rings. The summed E-state index contributed by atoms with van der Waals surface area (Å²) in [5.41, 5.74) is 7.67. The summed E-state index contributed by atoms with van der Waals surface area (Å²) in [6, 6.07) is 28.0. The van der Waals surface area contributed by atoms with Gasteiger partial charge in [0, 0.05) is 21.8 Å². The minimum atomic E-state index is -2.15. The molecule has 4 aromatic rings. The van der Waals surface area contributed by atoms with Gasteiger partial charge in [0.25, 0.3) is 0 Å². The van der Waals surface area contributed by atoms with E-state index >= 15 is 0 Å². The molecule has 0 aliphatic carbocycles. The van der Waals surface area contributed by atoms with Gasteiger partial charge in [-0.25, -0.2) is 4.57 Å². The lowest BCUT2D eigenvalue weighted by atomic mass is 9.94. The van der Waals surface area contributed by atoms with Crippen LogP contribution >= 0.6 is 0 Å². The Bertz CT molecular complexity index is 1190. The summed E-state index contributed by atoms with van der Waals surface area (Å²) in [6.45, 7) is -0.0660. The molecule has 1 heterocycles. The third kappa shape index (κ3) is 3.41. The van der Waals surface area contributed by atoms with E-state index in [1.54, 1.807) is 12.1 Å². The maximum absolute atomic E-state index is 7.91. The highest BCUT2D eigenvalue weighted by molar-refractivity contribution is 5.76. The van der Waals surface area contributed by atoms with Crippen LogP contribution in [0.25, 0.3) is 33.5 Å². The first-order chi connectivity index (χ1) is 14.3. The fourth-order valence-electron chi connectivity index (χ4n) is 3.45. The van der Waals surface area contributed by atoms with Gasteiger partial charge in [0.2, 0.25) is 5.69 Å². The quantitative estimate of drug-likeness (QED) is 0.390. The van der Waals surface area contributed by atoms with Gasteiger partial charge in [0.1, 0.15) is 7.05 Å². The number of hydrogen-bond donors (Lipinski definition) is 0. The highest BCUT2D eigenvalue weighted by Crippen LogP contribution is 2.31. The second-order valence-corrected chi connectivity index (χ2v) is 6.85. The zero-order chi connectivity index (χ0) is 21.3. The number of pyridine rings is 1. The second-order valence-electron chi connectivity index (χ2n) is 6.85. The molecule has 1 heteroatoms. The highest BCUT2D eigenvalue weighted by atomic mass is 14.9.